The largest absolute Gasteiger partial charge is 0.298 e. The molecule has 0 spiro atoms. The van der Waals surface area contributed by atoms with Crippen molar-refractivity contribution in [3.05, 3.63) is 57.9 Å². The molecular weight excluding hydrogens is 251 g/mol. The van der Waals surface area contributed by atoms with Gasteiger partial charge in [-0.05, 0) is 48.7 Å². The van der Waals surface area contributed by atoms with Gasteiger partial charge in [-0.3, -0.25) is 4.79 Å². The second-order valence-corrected chi connectivity index (χ2v) is 4.70. The van der Waals surface area contributed by atoms with Gasteiger partial charge in [-0.25, -0.2) is 4.39 Å². The molecule has 0 unspecified atom stereocenters. The quantitative estimate of drug-likeness (QED) is 0.724. The van der Waals surface area contributed by atoms with Gasteiger partial charge in [0.05, 0.1) is 5.02 Å². The number of hydrogen-bond acceptors (Lipinski definition) is 1. The third-order valence-corrected chi connectivity index (χ3v) is 3.19. The predicted octanol–water partition coefficient (Wildman–Crippen LogP) is 4.58. The fourth-order valence-corrected chi connectivity index (χ4v) is 2.23. The lowest BCUT2D eigenvalue weighted by Gasteiger charge is -2.10. The molecular formula is C15H12ClFO. The van der Waals surface area contributed by atoms with Crippen molar-refractivity contribution in [1.29, 1.82) is 0 Å². The van der Waals surface area contributed by atoms with E-state index in [2.05, 4.69) is 0 Å². The maximum Gasteiger partial charge on any atom is 0.151 e. The molecule has 0 aromatic heterocycles. The monoisotopic (exact) mass is 262 g/mol. The Bertz CT molecular complexity index is 597. The molecule has 3 heteroatoms. The minimum Gasteiger partial charge on any atom is -0.298 e. The molecule has 0 aliphatic carbocycles. The van der Waals surface area contributed by atoms with Crippen LogP contribution in [0.15, 0.2) is 30.3 Å². The van der Waals surface area contributed by atoms with Crippen molar-refractivity contribution in [1.82, 2.24) is 0 Å². The zero-order chi connectivity index (χ0) is 13.3. The highest BCUT2D eigenvalue weighted by atomic mass is 35.5. The van der Waals surface area contributed by atoms with Crippen LogP contribution in [0.4, 0.5) is 4.39 Å². The summed E-state index contributed by atoms with van der Waals surface area (Å²) in [6.45, 7) is 3.69. The van der Waals surface area contributed by atoms with Gasteiger partial charge in [-0.15, -0.1) is 0 Å². The average molecular weight is 263 g/mol. The number of halogens is 2. The molecule has 0 heterocycles. The topological polar surface area (TPSA) is 17.1 Å². The molecule has 0 aliphatic rings. The Balaban J connectivity index is 2.66. The molecule has 0 aliphatic heterocycles. The SMILES string of the molecule is Cc1cc(C)c(-c2ccc(Cl)c(C=O)c2)c(F)c1. The summed E-state index contributed by atoms with van der Waals surface area (Å²) in [6, 6.07) is 8.33. The summed E-state index contributed by atoms with van der Waals surface area (Å²) >= 11 is 5.86. The van der Waals surface area contributed by atoms with Gasteiger partial charge >= 0.3 is 0 Å². The molecule has 0 bridgehead atoms. The highest BCUT2D eigenvalue weighted by Crippen LogP contribution is 2.30. The van der Waals surface area contributed by atoms with Crippen LogP contribution in [0.3, 0.4) is 0 Å². The minimum absolute atomic E-state index is 0.285. The van der Waals surface area contributed by atoms with E-state index in [1.165, 1.54) is 6.07 Å². The Labute approximate surface area is 110 Å². The molecule has 0 amide bonds. The number of benzene rings is 2. The summed E-state index contributed by atoms with van der Waals surface area (Å²) in [5.41, 5.74) is 3.26. The number of carbonyl (C=O) groups is 1. The van der Waals surface area contributed by atoms with E-state index in [1.807, 2.05) is 19.9 Å². The van der Waals surface area contributed by atoms with Crippen molar-refractivity contribution in [2.75, 3.05) is 0 Å². The summed E-state index contributed by atoms with van der Waals surface area (Å²) in [6.07, 6.45) is 0.674. The van der Waals surface area contributed by atoms with Gasteiger partial charge in [-0.2, -0.15) is 0 Å². The lowest BCUT2D eigenvalue weighted by molar-refractivity contribution is 0.112. The first-order chi connectivity index (χ1) is 8.52. The fourth-order valence-electron chi connectivity index (χ4n) is 2.07. The lowest BCUT2D eigenvalue weighted by Crippen LogP contribution is -1.92. The Morgan fingerprint density at radius 3 is 2.50 bits per heavy atom. The maximum atomic E-state index is 14.0. The first-order valence-electron chi connectivity index (χ1n) is 5.55. The first kappa shape index (κ1) is 12.8. The van der Waals surface area contributed by atoms with E-state index >= 15 is 0 Å². The number of aryl methyl sites for hydroxylation is 2. The third-order valence-electron chi connectivity index (χ3n) is 2.84. The second kappa shape index (κ2) is 4.91. The van der Waals surface area contributed by atoms with Gasteiger partial charge in [0.25, 0.3) is 0 Å². The number of rotatable bonds is 2. The summed E-state index contributed by atoms with van der Waals surface area (Å²) in [5.74, 6) is -0.285. The van der Waals surface area contributed by atoms with E-state index in [0.717, 1.165) is 11.1 Å². The van der Waals surface area contributed by atoms with Crippen LogP contribution < -0.4 is 0 Å². The molecule has 0 atom stereocenters. The molecule has 0 N–H and O–H groups in total. The Morgan fingerprint density at radius 2 is 1.89 bits per heavy atom. The van der Waals surface area contributed by atoms with Crippen LogP contribution in [0.5, 0.6) is 0 Å². The zero-order valence-corrected chi connectivity index (χ0v) is 10.9. The summed E-state index contributed by atoms with van der Waals surface area (Å²) in [4.78, 5) is 10.9. The Morgan fingerprint density at radius 1 is 1.17 bits per heavy atom. The molecule has 0 fully saturated rings. The predicted molar refractivity (Wildman–Crippen MR) is 71.7 cm³/mol. The Kier molecular flexibility index (Phi) is 3.48. The molecule has 2 aromatic rings. The van der Waals surface area contributed by atoms with E-state index < -0.39 is 0 Å². The summed E-state index contributed by atoms with van der Waals surface area (Å²) in [7, 11) is 0. The van der Waals surface area contributed by atoms with E-state index in [9.17, 15) is 9.18 Å². The molecule has 18 heavy (non-hydrogen) atoms. The maximum absolute atomic E-state index is 14.0. The van der Waals surface area contributed by atoms with E-state index in [1.54, 1.807) is 18.2 Å². The van der Waals surface area contributed by atoms with Gasteiger partial charge in [0.15, 0.2) is 6.29 Å². The first-order valence-corrected chi connectivity index (χ1v) is 5.92. The van der Waals surface area contributed by atoms with Crippen LogP contribution >= 0.6 is 11.6 Å². The molecule has 92 valence electrons. The van der Waals surface area contributed by atoms with Crippen molar-refractivity contribution < 1.29 is 9.18 Å². The van der Waals surface area contributed by atoms with E-state index in [-0.39, 0.29) is 5.82 Å². The molecule has 1 nitrogen and oxygen atoms in total. The molecule has 0 saturated heterocycles. The number of carbonyl (C=O) groups excluding carboxylic acids is 1. The van der Waals surface area contributed by atoms with E-state index in [4.69, 9.17) is 11.6 Å². The van der Waals surface area contributed by atoms with Crippen LogP contribution in [0, 0.1) is 19.7 Å². The van der Waals surface area contributed by atoms with Crippen molar-refractivity contribution in [2.45, 2.75) is 13.8 Å². The van der Waals surface area contributed by atoms with E-state index in [0.29, 0.717) is 28.0 Å². The normalized spacial score (nSPS) is 10.4. The standard InChI is InChI=1S/C15H12ClFO/c1-9-5-10(2)15(14(17)6-9)11-3-4-13(16)12(7-11)8-18/h3-8H,1-2H3. The molecule has 0 radical (unpaired) electrons. The van der Waals surface area contributed by atoms with Crippen molar-refractivity contribution in [3.63, 3.8) is 0 Å². The van der Waals surface area contributed by atoms with Gasteiger partial charge in [0, 0.05) is 11.1 Å². The smallest absolute Gasteiger partial charge is 0.151 e. The van der Waals surface area contributed by atoms with Gasteiger partial charge in [-0.1, -0.05) is 23.7 Å². The third kappa shape index (κ3) is 2.29. The van der Waals surface area contributed by atoms with Crippen LogP contribution in [-0.2, 0) is 0 Å². The van der Waals surface area contributed by atoms with Crippen molar-refractivity contribution >= 4 is 17.9 Å². The van der Waals surface area contributed by atoms with Crippen molar-refractivity contribution in [2.24, 2.45) is 0 Å². The van der Waals surface area contributed by atoms with Crippen LogP contribution in [-0.4, -0.2) is 6.29 Å². The number of hydrogen-bond donors (Lipinski definition) is 0. The summed E-state index contributed by atoms with van der Waals surface area (Å²) < 4.78 is 14.0. The summed E-state index contributed by atoms with van der Waals surface area (Å²) in [5, 5.41) is 0.374. The van der Waals surface area contributed by atoms with Gasteiger partial charge in [0.2, 0.25) is 0 Å². The van der Waals surface area contributed by atoms with Gasteiger partial charge < -0.3 is 0 Å². The van der Waals surface area contributed by atoms with Crippen molar-refractivity contribution in [3.8, 4) is 11.1 Å². The minimum atomic E-state index is -0.285. The molecule has 0 saturated carbocycles. The van der Waals surface area contributed by atoms with Crippen LogP contribution in [0.2, 0.25) is 5.02 Å². The fraction of sp³-hybridized carbons (Fsp3) is 0.133. The molecule has 2 rings (SSSR count). The van der Waals surface area contributed by atoms with Crippen LogP contribution in [0.25, 0.3) is 11.1 Å². The van der Waals surface area contributed by atoms with Crippen LogP contribution in [0.1, 0.15) is 21.5 Å². The number of aldehydes is 1. The van der Waals surface area contributed by atoms with Gasteiger partial charge in [0.1, 0.15) is 5.82 Å². The lowest BCUT2D eigenvalue weighted by atomic mass is 9.97. The highest BCUT2D eigenvalue weighted by molar-refractivity contribution is 6.33. The second-order valence-electron chi connectivity index (χ2n) is 4.29. The zero-order valence-electron chi connectivity index (χ0n) is 10.1. The highest BCUT2D eigenvalue weighted by Gasteiger charge is 2.11. The average Bonchev–Trinajstić information content (AvgIpc) is 2.30. The molecule has 2 aromatic carbocycles. The Hall–Kier alpha value is -1.67.